The van der Waals surface area contributed by atoms with Crippen LogP contribution in [0.3, 0.4) is 0 Å². The number of rotatable bonds is 2. The van der Waals surface area contributed by atoms with E-state index in [1.807, 2.05) is 30.3 Å². The van der Waals surface area contributed by atoms with Crippen LogP contribution in [0.5, 0.6) is 0 Å². The molecule has 1 saturated heterocycles. The third-order valence-electron chi connectivity index (χ3n) is 2.29. The Kier molecular flexibility index (Phi) is 4.39. The number of isothiocyanates is 1. The van der Waals surface area contributed by atoms with E-state index in [0.717, 1.165) is 18.7 Å². The maximum atomic E-state index is 4.66. The quantitative estimate of drug-likeness (QED) is 0.609. The van der Waals surface area contributed by atoms with Gasteiger partial charge in [-0.25, -0.2) is 0 Å². The zero-order chi connectivity index (χ0) is 9.86. The lowest BCUT2D eigenvalue weighted by Crippen LogP contribution is -2.43. The standard InChI is InChI=1S/C10H11N3S.ClH/c14-8-13-10(11-6-7-12-10)9-4-2-1-3-5-9;/h1-5,11-12H,6-7H2;1H. The van der Waals surface area contributed by atoms with E-state index in [1.54, 1.807) is 0 Å². The number of nitrogens with zero attached hydrogens (tertiary/aromatic N) is 1. The van der Waals surface area contributed by atoms with Gasteiger partial charge in [-0.2, -0.15) is 4.99 Å². The lowest BCUT2D eigenvalue weighted by Gasteiger charge is -2.23. The highest BCUT2D eigenvalue weighted by Crippen LogP contribution is 2.21. The van der Waals surface area contributed by atoms with Crippen LogP contribution in [0.4, 0.5) is 0 Å². The number of hydrogen-bond donors (Lipinski definition) is 2. The van der Waals surface area contributed by atoms with Crippen LogP contribution in [-0.4, -0.2) is 18.3 Å². The molecule has 0 aliphatic carbocycles. The fraction of sp³-hybridized carbons (Fsp3) is 0.300. The lowest BCUT2D eigenvalue weighted by molar-refractivity contribution is 0.366. The minimum absolute atomic E-state index is 0. The van der Waals surface area contributed by atoms with Crippen LogP contribution in [0.1, 0.15) is 5.56 Å². The number of thiocarbonyl (C=S) groups is 1. The Hall–Kier alpha value is -0.770. The minimum Gasteiger partial charge on any atom is -0.275 e. The van der Waals surface area contributed by atoms with Gasteiger partial charge in [-0.05, 0) is 12.2 Å². The van der Waals surface area contributed by atoms with Crippen molar-refractivity contribution in [3.63, 3.8) is 0 Å². The molecule has 3 nitrogen and oxygen atoms in total. The lowest BCUT2D eigenvalue weighted by atomic mass is 10.1. The molecular weight excluding hydrogens is 230 g/mol. The fourth-order valence-electron chi connectivity index (χ4n) is 1.64. The Bertz CT molecular complexity index is 356. The molecule has 15 heavy (non-hydrogen) atoms. The van der Waals surface area contributed by atoms with Gasteiger partial charge < -0.3 is 0 Å². The largest absolute Gasteiger partial charge is 0.275 e. The summed E-state index contributed by atoms with van der Waals surface area (Å²) in [5.41, 5.74) is 1.06. The number of aliphatic imine (C=N–C) groups is 1. The Balaban J connectivity index is 0.00000112. The summed E-state index contributed by atoms with van der Waals surface area (Å²) in [6.07, 6.45) is 0. The number of nitrogens with one attached hydrogen (secondary N) is 2. The van der Waals surface area contributed by atoms with Crippen molar-refractivity contribution in [1.82, 2.24) is 10.6 Å². The highest BCUT2D eigenvalue weighted by Gasteiger charge is 2.33. The summed E-state index contributed by atoms with van der Waals surface area (Å²) in [6.45, 7) is 1.77. The molecule has 1 heterocycles. The first-order valence-corrected chi connectivity index (χ1v) is 4.93. The Morgan fingerprint density at radius 1 is 1.20 bits per heavy atom. The molecule has 0 unspecified atom stereocenters. The molecular formula is C10H12ClN3S. The molecule has 2 N–H and O–H groups in total. The molecule has 1 aliphatic heterocycles. The Labute approximate surface area is 100 Å². The van der Waals surface area contributed by atoms with E-state index in [2.05, 4.69) is 33.0 Å². The molecule has 0 spiro atoms. The maximum absolute atomic E-state index is 4.66. The minimum atomic E-state index is -0.553. The van der Waals surface area contributed by atoms with E-state index >= 15 is 0 Å². The van der Waals surface area contributed by atoms with Crippen molar-refractivity contribution in [2.45, 2.75) is 5.79 Å². The van der Waals surface area contributed by atoms with E-state index < -0.39 is 5.79 Å². The summed E-state index contributed by atoms with van der Waals surface area (Å²) in [5, 5.41) is 8.99. The molecule has 1 aromatic carbocycles. The maximum Gasteiger partial charge on any atom is 0.201 e. The Morgan fingerprint density at radius 3 is 2.33 bits per heavy atom. The molecule has 5 heteroatoms. The van der Waals surface area contributed by atoms with Crippen molar-refractivity contribution in [2.75, 3.05) is 13.1 Å². The number of hydrogen-bond acceptors (Lipinski definition) is 4. The number of halogens is 1. The van der Waals surface area contributed by atoms with E-state index in [-0.39, 0.29) is 12.4 Å². The molecule has 0 radical (unpaired) electrons. The van der Waals surface area contributed by atoms with Crippen molar-refractivity contribution in [3.8, 4) is 0 Å². The second-order valence-corrected chi connectivity index (χ2v) is 3.32. The molecule has 0 bridgehead atoms. The molecule has 1 aliphatic rings. The van der Waals surface area contributed by atoms with E-state index in [4.69, 9.17) is 0 Å². The summed E-state index contributed by atoms with van der Waals surface area (Å²) in [5.74, 6) is -0.553. The predicted molar refractivity (Wildman–Crippen MR) is 66.4 cm³/mol. The van der Waals surface area contributed by atoms with Crippen molar-refractivity contribution in [1.29, 1.82) is 0 Å². The molecule has 2 rings (SSSR count). The summed E-state index contributed by atoms with van der Waals surface area (Å²) >= 11 is 4.66. The fourth-order valence-corrected chi connectivity index (χ4v) is 1.78. The average Bonchev–Trinajstić information content (AvgIpc) is 2.70. The van der Waals surface area contributed by atoms with Gasteiger partial charge in [0, 0.05) is 18.7 Å². The van der Waals surface area contributed by atoms with Gasteiger partial charge in [0.15, 0.2) is 0 Å². The van der Waals surface area contributed by atoms with E-state index in [1.165, 1.54) is 0 Å². The van der Waals surface area contributed by atoms with Gasteiger partial charge in [-0.15, -0.1) is 12.4 Å². The van der Waals surface area contributed by atoms with Crippen LogP contribution in [0.2, 0.25) is 0 Å². The highest BCUT2D eigenvalue weighted by atomic mass is 35.5. The van der Waals surface area contributed by atoms with E-state index in [0.29, 0.717) is 0 Å². The third kappa shape index (κ3) is 2.43. The van der Waals surface area contributed by atoms with Crippen molar-refractivity contribution in [3.05, 3.63) is 35.9 Å². The first-order chi connectivity index (χ1) is 6.87. The van der Waals surface area contributed by atoms with Crippen molar-refractivity contribution < 1.29 is 0 Å². The first-order valence-electron chi connectivity index (χ1n) is 4.52. The molecule has 1 fully saturated rings. The zero-order valence-corrected chi connectivity index (χ0v) is 9.70. The molecule has 80 valence electrons. The van der Waals surface area contributed by atoms with Gasteiger partial charge in [-0.1, -0.05) is 30.3 Å². The highest BCUT2D eigenvalue weighted by molar-refractivity contribution is 7.78. The SMILES string of the molecule is Cl.S=C=NC1(c2ccccc2)NCCN1. The predicted octanol–water partition coefficient (Wildman–Crippen LogP) is 1.51. The third-order valence-corrected chi connectivity index (χ3v) is 2.38. The smallest absolute Gasteiger partial charge is 0.201 e. The van der Waals surface area contributed by atoms with Gasteiger partial charge >= 0.3 is 0 Å². The first kappa shape index (κ1) is 12.3. The molecule has 0 atom stereocenters. The molecule has 0 amide bonds. The monoisotopic (exact) mass is 241 g/mol. The van der Waals surface area contributed by atoms with Gasteiger partial charge in [0.05, 0.1) is 5.16 Å². The molecule has 1 aromatic rings. The van der Waals surface area contributed by atoms with Crippen LogP contribution in [0, 0.1) is 0 Å². The van der Waals surface area contributed by atoms with Crippen LogP contribution >= 0.6 is 24.6 Å². The van der Waals surface area contributed by atoms with Gasteiger partial charge in [0.2, 0.25) is 5.79 Å². The average molecular weight is 242 g/mol. The van der Waals surface area contributed by atoms with Gasteiger partial charge in [0.1, 0.15) is 0 Å². The summed E-state index contributed by atoms with van der Waals surface area (Å²) in [7, 11) is 0. The Morgan fingerprint density at radius 2 is 1.80 bits per heavy atom. The van der Waals surface area contributed by atoms with E-state index in [9.17, 15) is 0 Å². The summed E-state index contributed by atoms with van der Waals surface area (Å²) in [4.78, 5) is 4.17. The number of benzene rings is 1. The zero-order valence-electron chi connectivity index (χ0n) is 8.06. The van der Waals surface area contributed by atoms with Crippen LogP contribution < -0.4 is 10.6 Å². The van der Waals surface area contributed by atoms with Crippen LogP contribution in [-0.2, 0) is 5.79 Å². The van der Waals surface area contributed by atoms with Gasteiger partial charge in [0.25, 0.3) is 0 Å². The van der Waals surface area contributed by atoms with Crippen molar-refractivity contribution in [2.24, 2.45) is 4.99 Å². The second kappa shape index (κ2) is 5.35. The topological polar surface area (TPSA) is 36.4 Å². The molecule has 0 saturated carbocycles. The summed E-state index contributed by atoms with van der Waals surface area (Å²) < 4.78 is 0. The van der Waals surface area contributed by atoms with Crippen molar-refractivity contribution >= 4 is 29.8 Å². The second-order valence-electron chi connectivity index (χ2n) is 3.13. The molecule has 0 aromatic heterocycles. The summed E-state index contributed by atoms with van der Waals surface area (Å²) in [6, 6.07) is 9.98. The van der Waals surface area contributed by atoms with Gasteiger partial charge in [-0.3, -0.25) is 10.6 Å². The van der Waals surface area contributed by atoms with Crippen LogP contribution in [0.25, 0.3) is 0 Å². The van der Waals surface area contributed by atoms with Crippen LogP contribution in [0.15, 0.2) is 35.3 Å². The normalized spacial score (nSPS) is 17.6.